The largest absolute Gasteiger partial charge is 0.326 e. The smallest absolute Gasteiger partial charge is 0.0742 e. The molecule has 2 N–H and O–H groups in total. The number of nitrogens with two attached hydrogens (primary N) is 1. The van der Waals surface area contributed by atoms with Gasteiger partial charge in [0.2, 0.25) is 0 Å². The van der Waals surface area contributed by atoms with Crippen molar-refractivity contribution < 1.29 is 0 Å². The molecule has 0 amide bonds. The number of fused-ring (bicyclic) bond motifs is 1. The van der Waals surface area contributed by atoms with Crippen LogP contribution in [0, 0.1) is 6.92 Å². The predicted octanol–water partition coefficient (Wildman–Crippen LogP) is 3.13. The fourth-order valence-corrected chi connectivity index (χ4v) is 2.12. The van der Waals surface area contributed by atoms with Crippen molar-refractivity contribution in [1.29, 1.82) is 0 Å². The summed E-state index contributed by atoms with van der Waals surface area (Å²) in [6, 6.07) is 8.43. The van der Waals surface area contributed by atoms with Gasteiger partial charge in [0.25, 0.3) is 0 Å². The zero-order valence-electron chi connectivity index (χ0n) is 10.1. The van der Waals surface area contributed by atoms with E-state index in [9.17, 15) is 0 Å². The number of nitrogens with zero attached hydrogens (tertiary/aromatic N) is 1. The molecule has 0 aliphatic rings. The van der Waals surface area contributed by atoms with E-state index >= 15 is 0 Å². The highest BCUT2D eigenvalue weighted by molar-refractivity contribution is 5.85. The quantitative estimate of drug-likeness (QED) is 0.834. The molecule has 0 unspecified atom stereocenters. The lowest BCUT2D eigenvalue weighted by Crippen LogP contribution is -2.01. The van der Waals surface area contributed by atoms with Crippen LogP contribution < -0.4 is 5.73 Å². The summed E-state index contributed by atoms with van der Waals surface area (Å²) in [7, 11) is 0. The highest BCUT2D eigenvalue weighted by Gasteiger charge is 2.09. The number of aromatic nitrogens is 1. The molecule has 84 valence electrons. The molecule has 0 bridgehead atoms. The van der Waals surface area contributed by atoms with Gasteiger partial charge in [-0.2, -0.15) is 0 Å². The standard InChI is InChI=1S/C14H18N2/c1-9(2)12-5-4-6-13-11(8-15)7-10(3)16-14(12)13/h4-7,9H,8,15H2,1-3H3. The molecule has 0 atom stereocenters. The topological polar surface area (TPSA) is 38.9 Å². The summed E-state index contributed by atoms with van der Waals surface area (Å²) in [6.45, 7) is 6.99. The minimum atomic E-state index is 0.489. The number of para-hydroxylation sites is 1. The van der Waals surface area contributed by atoms with Crippen molar-refractivity contribution in [3.63, 3.8) is 0 Å². The van der Waals surface area contributed by atoms with E-state index in [1.807, 2.05) is 6.92 Å². The molecule has 0 saturated carbocycles. The van der Waals surface area contributed by atoms with Gasteiger partial charge in [0, 0.05) is 17.6 Å². The number of pyridine rings is 1. The molecule has 2 heteroatoms. The molecule has 2 aromatic rings. The van der Waals surface area contributed by atoms with Gasteiger partial charge in [0.15, 0.2) is 0 Å². The minimum absolute atomic E-state index is 0.489. The molecule has 0 saturated heterocycles. The maximum Gasteiger partial charge on any atom is 0.0742 e. The number of rotatable bonds is 2. The third-order valence-corrected chi connectivity index (χ3v) is 2.93. The second kappa shape index (κ2) is 4.22. The molecule has 0 fully saturated rings. The van der Waals surface area contributed by atoms with Crippen molar-refractivity contribution in [2.45, 2.75) is 33.2 Å². The Bertz CT molecular complexity index is 515. The Balaban J connectivity index is 2.82. The first kappa shape index (κ1) is 11.1. The third-order valence-electron chi connectivity index (χ3n) is 2.93. The van der Waals surface area contributed by atoms with E-state index in [0.717, 1.165) is 11.2 Å². The molecule has 0 aliphatic carbocycles. The molecule has 2 rings (SSSR count). The Labute approximate surface area is 96.5 Å². The summed E-state index contributed by atoms with van der Waals surface area (Å²) < 4.78 is 0. The van der Waals surface area contributed by atoms with Crippen molar-refractivity contribution in [3.05, 3.63) is 41.1 Å². The Morgan fingerprint density at radius 2 is 2.06 bits per heavy atom. The fourth-order valence-electron chi connectivity index (χ4n) is 2.12. The van der Waals surface area contributed by atoms with E-state index in [-0.39, 0.29) is 0 Å². The van der Waals surface area contributed by atoms with Crippen LogP contribution in [0.5, 0.6) is 0 Å². The number of benzene rings is 1. The second-order valence-electron chi connectivity index (χ2n) is 4.52. The van der Waals surface area contributed by atoms with Crippen LogP contribution in [-0.4, -0.2) is 4.98 Å². The van der Waals surface area contributed by atoms with Crippen molar-refractivity contribution in [2.75, 3.05) is 0 Å². The highest BCUT2D eigenvalue weighted by atomic mass is 14.7. The van der Waals surface area contributed by atoms with E-state index in [1.165, 1.54) is 16.5 Å². The van der Waals surface area contributed by atoms with E-state index in [2.05, 4.69) is 43.1 Å². The Morgan fingerprint density at radius 3 is 2.69 bits per heavy atom. The molecule has 16 heavy (non-hydrogen) atoms. The predicted molar refractivity (Wildman–Crippen MR) is 68.5 cm³/mol. The maximum absolute atomic E-state index is 5.78. The lowest BCUT2D eigenvalue weighted by Gasteiger charge is -2.12. The van der Waals surface area contributed by atoms with Crippen LogP contribution in [-0.2, 0) is 6.54 Å². The van der Waals surface area contributed by atoms with Crippen LogP contribution in [0.25, 0.3) is 10.9 Å². The Kier molecular flexibility index (Phi) is 2.92. The molecular weight excluding hydrogens is 196 g/mol. The summed E-state index contributed by atoms with van der Waals surface area (Å²) in [6.07, 6.45) is 0. The van der Waals surface area contributed by atoms with E-state index < -0.39 is 0 Å². The lowest BCUT2D eigenvalue weighted by atomic mass is 9.97. The lowest BCUT2D eigenvalue weighted by molar-refractivity contribution is 0.871. The van der Waals surface area contributed by atoms with Crippen LogP contribution in [0.3, 0.4) is 0 Å². The molecule has 2 nitrogen and oxygen atoms in total. The highest BCUT2D eigenvalue weighted by Crippen LogP contribution is 2.26. The second-order valence-corrected chi connectivity index (χ2v) is 4.52. The maximum atomic E-state index is 5.78. The summed E-state index contributed by atoms with van der Waals surface area (Å²) >= 11 is 0. The van der Waals surface area contributed by atoms with Gasteiger partial charge in [0.1, 0.15) is 0 Å². The van der Waals surface area contributed by atoms with Crippen LogP contribution in [0.1, 0.15) is 36.6 Å². The molecule has 1 heterocycles. The average Bonchev–Trinajstić information content (AvgIpc) is 2.26. The molecule has 0 radical (unpaired) electrons. The molecule has 0 aliphatic heterocycles. The van der Waals surface area contributed by atoms with Crippen LogP contribution in [0.15, 0.2) is 24.3 Å². The van der Waals surface area contributed by atoms with Crippen molar-refractivity contribution >= 4 is 10.9 Å². The average molecular weight is 214 g/mol. The van der Waals surface area contributed by atoms with Gasteiger partial charge in [-0.3, -0.25) is 4.98 Å². The molecule has 1 aromatic heterocycles. The van der Waals surface area contributed by atoms with Gasteiger partial charge in [-0.05, 0) is 30.0 Å². The van der Waals surface area contributed by atoms with Gasteiger partial charge in [-0.15, -0.1) is 0 Å². The number of hydrogen-bond donors (Lipinski definition) is 1. The number of aryl methyl sites for hydroxylation is 1. The summed E-state index contributed by atoms with van der Waals surface area (Å²) in [5.41, 5.74) is 10.4. The third kappa shape index (κ3) is 1.81. The monoisotopic (exact) mass is 214 g/mol. The summed E-state index contributed by atoms with van der Waals surface area (Å²) in [4.78, 5) is 4.65. The van der Waals surface area contributed by atoms with E-state index in [0.29, 0.717) is 12.5 Å². The van der Waals surface area contributed by atoms with E-state index in [4.69, 9.17) is 5.73 Å². The van der Waals surface area contributed by atoms with Crippen molar-refractivity contribution in [1.82, 2.24) is 4.98 Å². The van der Waals surface area contributed by atoms with Gasteiger partial charge in [-0.25, -0.2) is 0 Å². The number of hydrogen-bond acceptors (Lipinski definition) is 2. The van der Waals surface area contributed by atoms with Crippen LogP contribution in [0.2, 0.25) is 0 Å². The van der Waals surface area contributed by atoms with Gasteiger partial charge < -0.3 is 5.73 Å². The summed E-state index contributed by atoms with van der Waals surface area (Å²) in [5.74, 6) is 0.489. The van der Waals surface area contributed by atoms with Crippen molar-refractivity contribution in [3.8, 4) is 0 Å². The first-order valence-electron chi connectivity index (χ1n) is 5.72. The van der Waals surface area contributed by atoms with Gasteiger partial charge in [-0.1, -0.05) is 32.0 Å². The fraction of sp³-hybridized carbons (Fsp3) is 0.357. The van der Waals surface area contributed by atoms with Crippen LogP contribution >= 0.6 is 0 Å². The first-order chi connectivity index (χ1) is 7.63. The van der Waals surface area contributed by atoms with Gasteiger partial charge >= 0.3 is 0 Å². The molecule has 0 spiro atoms. The minimum Gasteiger partial charge on any atom is -0.326 e. The van der Waals surface area contributed by atoms with Crippen molar-refractivity contribution in [2.24, 2.45) is 5.73 Å². The SMILES string of the molecule is Cc1cc(CN)c2cccc(C(C)C)c2n1. The Hall–Kier alpha value is -1.41. The summed E-state index contributed by atoms with van der Waals surface area (Å²) in [5, 5.41) is 1.19. The molecular formula is C14H18N2. The first-order valence-corrected chi connectivity index (χ1v) is 5.72. The Morgan fingerprint density at radius 1 is 1.31 bits per heavy atom. The zero-order valence-corrected chi connectivity index (χ0v) is 10.1. The normalized spacial score (nSPS) is 11.3. The van der Waals surface area contributed by atoms with E-state index in [1.54, 1.807) is 0 Å². The molecule has 1 aromatic carbocycles. The van der Waals surface area contributed by atoms with Gasteiger partial charge in [0.05, 0.1) is 5.52 Å². The van der Waals surface area contributed by atoms with Crippen LogP contribution in [0.4, 0.5) is 0 Å². The zero-order chi connectivity index (χ0) is 11.7.